The zero-order chi connectivity index (χ0) is 23.5. The summed E-state index contributed by atoms with van der Waals surface area (Å²) >= 11 is 1.27. The summed E-state index contributed by atoms with van der Waals surface area (Å²) in [7, 11) is -4.15. The Bertz CT molecular complexity index is 1120. The third kappa shape index (κ3) is 5.72. The molecule has 3 rings (SSSR count). The van der Waals surface area contributed by atoms with E-state index in [0.717, 1.165) is 24.3 Å². The van der Waals surface area contributed by atoms with Gasteiger partial charge in [-0.2, -0.15) is 4.72 Å². The highest BCUT2D eigenvalue weighted by Gasteiger charge is 2.34. The molecule has 2 aromatic rings. The van der Waals surface area contributed by atoms with Crippen LogP contribution in [0.25, 0.3) is 0 Å². The zero-order valence-corrected chi connectivity index (χ0v) is 18.9. The summed E-state index contributed by atoms with van der Waals surface area (Å²) in [5, 5.41) is 14.1. The minimum atomic E-state index is -4.15. The van der Waals surface area contributed by atoms with Crippen LogP contribution in [-0.2, 0) is 37.2 Å². The molecule has 2 heterocycles. The van der Waals surface area contributed by atoms with Gasteiger partial charge in [-0.1, -0.05) is 13.8 Å². The van der Waals surface area contributed by atoms with Gasteiger partial charge in [0.2, 0.25) is 21.7 Å². The quantitative estimate of drug-likeness (QED) is 0.488. The third-order valence-corrected chi connectivity index (χ3v) is 7.19. The average Bonchev–Trinajstić information content (AvgIpc) is 3.17. The van der Waals surface area contributed by atoms with Crippen LogP contribution in [0.2, 0.25) is 0 Å². The Morgan fingerprint density at radius 1 is 1.19 bits per heavy atom. The number of carbonyl (C=O) groups is 3. The number of sulfonamides is 1. The number of nitrogens with zero attached hydrogens (tertiary/aromatic N) is 2. The monoisotopic (exact) mass is 483 g/mol. The summed E-state index contributed by atoms with van der Waals surface area (Å²) in [4.78, 5) is 37.5. The van der Waals surface area contributed by atoms with Gasteiger partial charge in [-0.15, -0.1) is 21.5 Å². The van der Waals surface area contributed by atoms with Crippen LogP contribution in [0.1, 0.15) is 23.9 Å². The number of benzene rings is 1. The highest BCUT2D eigenvalue weighted by Crippen LogP contribution is 2.16. The molecule has 3 N–H and O–H groups in total. The number of carbonyl (C=O) groups excluding carboxylic acids is 3. The summed E-state index contributed by atoms with van der Waals surface area (Å²) in [6, 6.07) is 1.66. The molecule has 32 heavy (non-hydrogen) atoms. The van der Waals surface area contributed by atoms with Crippen molar-refractivity contribution in [2.75, 3.05) is 6.54 Å². The van der Waals surface area contributed by atoms with Gasteiger partial charge in [-0.05, 0) is 30.2 Å². The second-order valence-electron chi connectivity index (χ2n) is 7.52. The second kappa shape index (κ2) is 9.79. The Hall–Kier alpha value is -2.77. The molecule has 0 radical (unpaired) electrons. The lowest BCUT2D eigenvalue weighted by molar-refractivity contribution is -0.140. The number of hydrogen-bond donors (Lipinski definition) is 3. The predicted octanol–water partition coefficient (Wildman–Crippen LogP) is -0.0510. The van der Waals surface area contributed by atoms with Crippen LogP contribution in [-0.4, -0.2) is 54.8 Å². The van der Waals surface area contributed by atoms with Crippen LogP contribution in [0.15, 0.2) is 29.2 Å². The maximum atomic E-state index is 13.1. The number of rotatable bonds is 6. The van der Waals surface area contributed by atoms with Crippen molar-refractivity contribution in [3.8, 4) is 0 Å². The lowest BCUT2D eigenvalue weighted by Crippen LogP contribution is -2.56. The molecule has 0 saturated carbocycles. The van der Waals surface area contributed by atoms with E-state index in [-0.39, 0.29) is 17.9 Å². The van der Waals surface area contributed by atoms with Crippen LogP contribution in [0.3, 0.4) is 0 Å². The first kappa shape index (κ1) is 23.9. The van der Waals surface area contributed by atoms with Crippen molar-refractivity contribution in [3.63, 3.8) is 0 Å². The molecule has 2 unspecified atom stereocenters. The van der Waals surface area contributed by atoms with Crippen LogP contribution < -0.4 is 15.4 Å². The van der Waals surface area contributed by atoms with Crippen molar-refractivity contribution in [3.05, 3.63) is 40.1 Å². The standard InChI is InChI=1S/C19H22FN5O5S2/c1-10(2)16(25-32(29,30)12-5-3-11(20)4-6-12)18(27)22-13-9-15-24-23-14(31-15)7-8-21-19(28)17(13)26/h3-6,10,13,16,25H,7-9H2,1-2H3,(H,21,28)(H,22,27). The molecule has 0 fully saturated rings. The zero-order valence-electron chi connectivity index (χ0n) is 17.3. The Morgan fingerprint density at radius 3 is 2.50 bits per heavy atom. The fourth-order valence-corrected chi connectivity index (χ4v) is 5.22. The van der Waals surface area contributed by atoms with Crippen molar-refractivity contribution in [1.29, 1.82) is 0 Å². The molecule has 0 aliphatic carbocycles. The molecule has 2 amide bonds. The van der Waals surface area contributed by atoms with E-state index < -0.39 is 51.4 Å². The highest BCUT2D eigenvalue weighted by atomic mass is 32.2. The van der Waals surface area contributed by atoms with E-state index in [9.17, 15) is 27.2 Å². The van der Waals surface area contributed by atoms with E-state index in [1.807, 2.05) is 0 Å². The summed E-state index contributed by atoms with van der Waals surface area (Å²) in [5.41, 5.74) is 0. The number of Topliss-reactive ketones (excluding diaryl/α,β-unsaturated/α-hetero) is 1. The number of fused-ring (bicyclic) bond motifs is 2. The van der Waals surface area contributed by atoms with Crippen LogP contribution in [0.5, 0.6) is 0 Å². The molecule has 10 nitrogen and oxygen atoms in total. The topological polar surface area (TPSA) is 147 Å². The fraction of sp³-hybridized carbons (Fsp3) is 0.421. The lowest BCUT2D eigenvalue weighted by Gasteiger charge is -2.24. The van der Waals surface area contributed by atoms with Gasteiger partial charge in [0.05, 0.1) is 4.90 Å². The minimum absolute atomic E-state index is 0.0504. The average molecular weight is 484 g/mol. The Labute approximate surface area is 188 Å². The van der Waals surface area contributed by atoms with E-state index in [1.54, 1.807) is 13.8 Å². The molecule has 2 bridgehead atoms. The van der Waals surface area contributed by atoms with Gasteiger partial charge < -0.3 is 10.6 Å². The van der Waals surface area contributed by atoms with Gasteiger partial charge in [0.1, 0.15) is 27.9 Å². The van der Waals surface area contributed by atoms with Crippen molar-refractivity contribution in [2.45, 2.75) is 43.7 Å². The number of hydrogen-bond acceptors (Lipinski definition) is 8. The summed E-state index contributed by atoms with van der Waals surface area (Å²) in [5.74, 6) is -3.59. The maximum absolute atomic E-state index is 13.1. The van der Waals surface area contributed by atoms with Gasteiger partial charge in [0.25, 0.3) is 5.91 Å². The first-order valence-corrected chi connectivity index (χ1v) is 12.1. The van der Waals surface area contributed by atoms with Crippen LogP contribution >= 0.6 is 11.3 Å². The Kier molecular flexibility index (Phi) is 7.31. The fourth-order valence-electron chi connectivity index (χ4n) is 2.99. The van der Waals surface area contributed by atoms with Crippen LogP contribution in [0, 0.1) is 11.7 Å². The number of aromatic nitrogens is 2. The molecule has 1 aromatic carbocycles. The molecule has 13 heteroatoms. The van der Waals surface area contributed by atoms with Gasteiger partial charge in [-0.3, -0.25) is 14.4 Å². The van der Waals surface area contributed by atoms with Crippen molar-refractivity contribution in [1.82, 2.24) is 25.6 Å². The molecule has 0 saturated heterocycles. The predicted molar refractivity (Wildman–Crippen MR) is 113 cm³/mol. The molecule has 1 aliphatic rings. The summed E-state index contributed by atoms with van der Waals surface area (Å²) in [6.07, 6.45) is 0.388. The maximum Gasteiger partial charge on any atom is 0.289 e. The highest BCUT2D eigenvalue weighted by molar-refractivity contribution is 7.89. The van der Waals surface area contributed by atoms with E-state index in [0.29, 0.717) is 16.4 Å². The molecule has 1 aliphatic heterocycles. The van der Waals surface area contributed by atoms with Gasteiger partial charge >= 0.3 is 0 Å². The van der Waals surface area contributed by atoms with E-state index in [2.05, 4.69) is 25.6 Å². The van der Waals surface area contributed by atoms with Crippen molar-refractivity contribution < 1.29 is 27.2 Å². The lowest BCUT2D eigenvalue weighted by atomic mass is 10.0. The van der Waals surface area contributed by atoms with Gasteiger partial charge in [0.15, 0.2) is 0 Å². The van der Waals surface area contributed by atoms with E-state index in [4.69, 9.17) is 0 Å². The molecule has 0 spiro atoms. The van der Waals surface area contributed by atoms with Gasteiger partial charge in [-0.25, -0.2) is 12.8 Å². The number of amides is 2. The minimum Gasteiger partial charge on any atom is -0.349 e. The van der Waals surface area contributed by atoms with Gasteiger partial charge in [0, 0.05) is 19.4 Å². The first-order valence-electron chi connectivity index (χ1n) is 9.78. The smallest absolute Gasteiger partial charge is 0.289 e. The Balaban J connectivity index is 1.81. The third-order valence-electron chi connectivity index (χ3n) is 4.72. The molecule has 1 aromatic heterocycles. The molecular weight excluding hydrogens is 461 g/mol. The normalized spacial score (nSPS) is 18.2. The number of ketones is 1. The largest absolute Gasteiger partial charge is 0.349 e. The molecule has 2 atom stereocenters. The first-order chi connectivity index (χ1) is 15.1. The SMILES string of the molecule is CC(C)C(NS(=O)(=O)c1ccc(F)cc1)C(=O)NC1Cc2nnc(s2)CCNC(=O)C1=O. The van der Waals surface area contributed by atoms with E-state index >= 15 is 0 Å². The van der Waals surface area contributed by atoms with Crippen molar-refractivity contribution >= 4 is 39.0 Å². The molecular formula is C19H22FN5O5S2. The summed E-state index contributed by atoms with van der Waals surface area (Å²) < 4.78 is 40.8. The summed E-state index contributed by atoms with van der Waals surface area (Å²) in [6.45, 7) is 3.44. The Morgan fingerprint density at radius 2 is 1.84 bits per heavy atom. The molecule has 172 valence electrons. The number of nitrogens with one attached hydrogen (secondary N) is 3. The van der Waals surface area contributed by atoms with Crippen molar-refractivity contribution in [2.24, 2.45) is 5.92 Å². The number of halogens is 1. The van der Waals surface area contributed by atoms with Crippen LogP contribution in [0.4, 0.5) is 4.39 Å². The second-order valence-corrected chi connectivity index (χ2v) is 10.4. The van der Waals surface area contributed by atoms with E-state index in [1.165, 1.54) is 11.3 Å².